The lowest BCUT2D eigenvalue weighted by Crippen LogP contribution is -2.31. The highest BCUT2D eigenvalue weighted by Crippen LogP contribution is 2.32. The summed E-state index contributed by atoms with van der Waals surface area (Å²) in [7, 11) is -4.06. The van der Waals surface area contributed by atoms with Gasteiger partial charge in [0.15, 0.2) is 0 Å². The van der Waals surface area contributed by atoms with Crippen molar-refractivity contribution in [3.8, 4) is 0 Å². The van der Waals surface area contributed by atoms with E-state index in [0.29, 0.717) is 4.47 Å². The van der Waals surface area contributed by atoms with Gasteiger partial charge in [0.2, 0.25) is 10.0 Å². The van der Waals surface area contributed by atoms with Gasteiger partial charge in [0.1, 0.15) is 18.0 Å². The van der Waals surface area contributed by atoms with Crippen LogP contribution in [0.3, 0.4) is 0 Å². The zero-order chi connectivity index (χ0) is 16.2. The van der Waals surface area contributed by atoms with E-state index < -0.39 is 22.5 Å². The Morgan fingerprint density at radius 3 is 2.33 bits per heavy atom. The van der Waals surface area contributed by atoms with Gasteiger partial charge in [0, 0.05) is 9.51 Å². The normalized spacial score (nSPS) is 11.2. The average Bonchev–Trinajstić information content (AvgIpc) is 2.32. The number of ether oxygens (including phenoxy) is 1. The number of nitrogens with one attached hydrogen (secondary N) is 1. The van der Waals surface area contributed by atoms with E-state index in [2.05, 4.69) is 27.2 Å². The van der Waals surface area contributed by atoms with Crippen LogP contribution >= 0.6 is 50.7 Å². The summed E-state index contributed by atoms with van der Waals surface area (Å²) in [6.07, 6.45) is 0. The molecule has 1 N–H and O–H groups in total. The van der Waals surface area contributed by atoms with Gasteiger partial charge in [-0.05, 0) is 12.1 Å². The predicted octanol–water partition coefficient (Wildman–Crippen LogP) is 3.33. The molecule has 0 aliphatic carbocycles. The highest BCUT2D eigenvalue weighted by atomic mass is 79.9. The third kappa shape index (κ3) is 5.77. The first-order valence-electron chi connectivity index (χ1n) is 5.26. The van der Waals surface area contributed by atoms with E-state index in [4.69, 9.17) is 34.8 Å². The molecule has 0 bridgehead atoms. The Labute approximate surface area is 145 Å². The zero-order valence-corrected chi connectivity index (χ0v) is 15.0. The number of carbonyl (C=O) groups excluding carboxylic acids is 1. The quantitative estimate of drug-likeness (QED) is 0.693. The topological polar surface area (TPSA) is 72.5 Å². The Hall–Kier alpha value is -0.310. The van der Waals surface area contributed by atoms with Gasteiger partial charge in [0.05, 0.1) is 10.0 Å². The van der Waals surface area contributed by atoms with E-state index in [9.17, 15) is 13.2 Å². The van der Waals surface area contributed by atoms with Crippen LogP contribution < -0.4 is 4.72 Å². The zero-order valence-electron chi connectivity index (χ0n) is 10.3. The van der Waals surface area contributed by atoms with Gasteiger partial charge in [0.25, 0.3) is 0 Å². The molecule has 0 heterocycles. The molecule has 5 nitrogen and oxygen atoms in total. The fourth-order valence-corrected chi connectivity index (χ4v) is 4.18. The molecular weight excluding hydrogens is 428 g/mol. The van der Waals surface area contributed by atoms with Gasteiger partial charge < -0.3 is 4.74 Å². The first kappa shape index (κ1) is 18.7. The van der Waals surface area contributed by atoms with Crippen molar-refractivity contribution in [2.45, 2.75) is 4.90 Å². The third-order valence-corrected chi connectivity index (χ3v) is 4.92. The number of carbonyl (C=O) groups is 1. The summed E-state index contributed by atoms with van der Waals surface area (Å²) in [5.74, 6) is -0.815. The smallest absolute Gasteiger partial charge is 0.321 e. The van der Waals surface area contributed by atoms with Crippen molar-refractivity contribution in [3.05, 3.63) is 38.3 Å². The minimum atomic E-state index is -4.06. The molecule has 116 valence electrons. The molecule has 0 aromatic heterocycles. The van der Waals surface area contributed by atoms with E-state index in [1.165, 1.54) is 12.1 Å². The first-order chi connectivity index (χ1) is 9.63. The van der Waals surface area contributed by atoms with Crippen molar-refractivity contribution in [1.29, 1.82) is 0 Å². The van der Waals surface area contributed by atoms with Gasteiger partial charge in [-0.15, -0.1) is 0 Å². The highest BCUT2D eigenvalue weighted by Gasteiger charge is 2.23. The number of rotatable bonds is 6. The van der Waals surface area contributed by atoms with E-state index in [1.807, 2.05) is 4.72 Å². The van der Waals surface area contributed by atoms with E-state index in [1.54, 1.807) is 0 Å². The number of benzene rings is 1. The van der Waals surface area contributed by atoms with E-state index >= 15 is 0 Å². The predicted molar refractivity (Wildman–Crippen MR) is 85.3 cm³/mol. The lowest BCUT2D eigenvalue weighted by molar-refractivity contribution is -0.141. The molecule has 0 atom stereocenters. The molecule has 0 radical (unpaired) electrons. The van der Waals surface area contributed by atoms with Gasteiger partial charge in [-0.3, -0.25) is 4.79 Å². The third-order valence-electron chi connectivity index (χ3n) is 2.03. The number of esters is 1. The van der Waals surface area contributed by atoms with Crippen LogP contribution in [0.15, 0.2) is 33.1 Å². The van der Waals surface area contributed by atoms with Gasteiger partial charge in [-0.1, -0.05) is 57.3 Å². The highest BCUT2D eigenvalue weighted by molar-refractivity contribution is 9.10. The molecule has 0 aliphatic rings. The van der Waals surface area contributed by atoms with Gasteiger partial charge in [-0.25, -0.2) is 8.42 Å². The molecule has 1 aromatic carbocycles. The molecule has 1 aromatic rings. The van der Waals surface area contributed by atoms with Crippen molar-refractivity contribution in [2.24, 2.45) is 0 Å². The Bertz CT molecular complexity index is 655. The summed E-state index contributed by atoms with van der Waals surface area (Å²) in [6, 6.07) is 2.75. The van der Waals surface area contributed by atoms with Crippen LogP contribution in [-0.4, -0.2) is 27.5 Å². The lowest BCUT2D eigenvalue weighted by Gasteiger charge is -2.10. The van der Waals surface area contributed by atoms with Crippen LogP contribution in [0.5, 0.6) is 0 Å². The minimum absolute atomic E-state index is 0.0793. The summed E-state index contributed by atoms with van der Waals surface area (Å²) in [5, 5.41) is -0.0426. The Balaban J connectivity index is 2.84. The standard InChI is InChI=1S/C11H9BrCl3NO4S/c1-6(13)5-20-10(17)4-16-21(18,19)11-8(14)2-7(12)3-9(11)15/h2-3,16H,1,4-5H2. The Kier molecular flexibility index (Phi) is 6.96. The second-order valence-electron chi connectivity index (χ2n) is 3.70. The molecule has 0 saturated heterocycles. The van der Waals surface area contributed by atoms with Crippen LogP contribution in [0, 0.1) is 0 Å². The second kappa shape index (κ2) is 7.80. The van der Waals surface area contributed by atoms with Crippen molar-refractivity contribution < 1.29 is 17.9 Å². The maximum atomic E-state index is 12.1. The lowest BCUT2D eigenvalue weighted by atomic mass is 10.4. The van der Waals surface area contributed by atoms with Gasteiger partial charge in [-0.2, -0.15) is 4.72 Å². The van der Waals surface area contributed by atoms with Crippen molar-refractivity contribution >= 4 is 66.7 Å². The first-order valence-corrected chi connectivity index (χ1v) is 8.67. The molecule has 0 aliphatic heterocycles. The molecule has 0 amide bonds. The summed E-state index contributed by atoms with van der Waals surface area (Å²) < 4.78 is 31.4. The van der Waals surface area contributed by atoms with Crippen LogP contribution in [0.25, 0.3) is 0 Å². The average molecular weight is 438 g/mol. The number of halogens is 4. The summed E-state index contributed by atoms with van der Waals surface area (Å²) in [5.41, 5.74) is 0. The fourth-order valence-electron chi connectivity index (χ4n) is 1.22. The SMILES string of the molecule is C=C(Cl)COC(=O)CNS(=O)(=O)c1c(Cl)cc(Br)cc1Cl. The largest absolute Gasteiger partial charge is 0.459 e. The van der Waals surface area contributed by atoms with Crippen molar-refractivity contribution in [3.63, 3.8) is 0 Å². The van der Waals surface area contributed by atoms with Crippen molar-refractivity contribution in [2.75, 3.05) is 13.2 Å². The number of hydrogen-bond acceptors (Lipinski definition) is 4. The molecule has 0 saturated carbocycles. The van der Waals surface area contributed by atoms with E-state index in [-0.39, 0.29) is 26.6 Å². The van der Waals surface area contributed by atoms with Gasteiger partial charge >= 0.3 is 5.97 Å². The van der Waals surface area contributed by atoms with Crippen LogP contribution in [-0.2, 0) is 19.6 Å². The molecule has 0 fully saturated rings. The molecule has 21 heavy (non-hydrogen) atoms. The molecule has 0 unspecified atom stereocenters. The fraction of sp³-hybridized carbons (Fsp3) is 0.182. The van der Waals surface area contributed by atoms with Crippen LogP contribution in [0.2, 0.25) is 10.0 Å². The second-order valence-corrected chi connectivity index (χ2v) is 7.67. The Morgan fingerprint density at radius 1 is 1.33 bits per heavy atom. The molecule has 1 rings (SSSR count). The van der Waals surface area contributed by atoms with Crippen LogP contribution in [0.1, 0.15) is 0 Å². The maximum Gasteiger partial charge on any atom is 0.321 e. The summed E-state index contributed by atoms with van der Waals surface area (Å²) in [6.45, 7) is 2.53. The number of sulfonamides is 1. The molecular formula is C11H9BrCl3NO4S. The summed E-state index contributed by atoms with van der Waals surface area (Å²) >= 11 is 20.3. The molecule has 10 heteroatoms. The monoisotopic (exact) mass is 435 g/mol. The maximum absolute atomic E-state index is 12.1. The van der Waals surface area contributed by atoms with E-state index in [0.717, 1.165) is 0 Å². The summed E-state index contributed by atoms with van der Waals surface area (Å²) in [4.78, 5) is 11.0. The minimum Gasteiger partial charge on any atom is -0.459 e. The Morgan fingerprint density at radius 2 is 1.86 bits per heavy atom. The number of hydrogen-bond donors (Lipinski definition) is 1. The molecule has 0 spiro atoms. The van der Waals surface area contributed by atoms with Crippen LogP contribution in [0.4, 0.5) is 0 Å². The van der Waals surface area contributed by atoms with Crippen molar-refractivity contribution in [1.82, 2.24) is 4.72 Å².